The molecule has 0 bridgehead atoms. The zero-order valence-electron chi connectivity index (χ0n) is 20.5. The minimum Gasteiger partial charge on any atom is -0.490 e. The summed E-state index contributed by atoms with van der Waals surface area (Å²) in [6.07, 6.45) is 4.10. The predicted molar refractivity (Wildman–Crippen MR) is 137 cm³/mol. The summed E-state index contributed by atoms with van der Waals surface area (Å²) in [6, 6.07) is 17.1. The van der Waals surface area contributed by atoms with E-state index in [0.29, 0.717) is 36.9 Å². The third-order valence-corrected chi connectivity index (χ3v) is 7.18. The highest BCUT2D eigenvalue weighted by atomic mass is 35.5. The van der Waals surface area contributed by atoms with Crippen molar-refractivity contribution in [2.75, 3.05) is 39.4 Å². The van der Waals surface area contributed by atoms with Gasteiger partial charge < -0.3 is 19.3 Å². The van der Waals surface area contributed by atoms with E-state index in [4.69, 9.17) is 21.1 Å². The second-order valence-corrected chi connectivity index (χ2v) is 9.96. The highest BCUT2D eigenvalue weighted by molar-refractivity contribution is 6.30. The molecule has 0 saturated carbocycles. The van der Waals surface area contributed by atoms with E-state index in [1.165, 1.54) is 0 Å². The van der Waals surface area contributed by atoms with Crippen LogP contribution in [-0.4, -0.2) is 66.6 Å². The second kappa shape index (κ2) is 11.9. The van der Waals surface area contributed by atoms with Crippen LogP contribution in [0.5, 0.6) is 5.75 Å². The lowest BCUT2D eigenvalue weighted by molar-refractivity contribution is -0.167. The molecule has 2 aromatic carbocycles. The first-order valence-corrected chi connectivity index (χ1v) is 13.0. The van der Waals surface area contributed by atoms with Gasteiger partial charge in [-0.05, 0) is 49.4 Å². The van der Waals surface area contributed by atoms with Crippen LogP contribution in [0.1, 0.15) is 50.5 Å². The average molecular weight is 499 g/mol. The van der Waals surface area contributed by atoms with E-state index in [-0.39, 0.29) is 30.8 Å². The van der Waals surface area contributed by atoms with Gasteiger partial charge in [-0.15, -0.1) is 0 Å². The molecular formula is C28H35ClN2O4. The molecule has 35 heavy (non-hydrogen) atoms. The van der Waals surface area contributed by atoms with Gasteiger partial charge in [-0.2, -0.15) is 0 Å². The van der Waals surface area contributed by atoms with Gasteiger partial charge in [-0.1, -0.05) is 54.9 Å². The first kappa shape index (κ1) is 25.5. The summed E-state index contributed by atoms with van der Waals surface area (Å²) in [5.41, 5.74) is 0.0939. The maximum absolute atomic E-state index is 13.6. The summed E-state index contributed by atoms with van der Waals surface area (Å²) >= 11 is 6.14. The first-order valence-electron chi connectivity index (χ1n) is 12.6. The van der Waals surface area contributed by atoms with Gasteiger partial charge in [0.2, 0.25) is 11.8 Å². The lowest BCUT2D eigenvalue weighted by Crippen LogP contribution is -2.59. The summed E-state index contributed by atoms with van der Waals surface area (Å²) in [5.74, 6) is 0.520. The summed E-state index contributed by atoms with van der Waals surface area (Å²) in [7, 11) is 0. The van der Waals surface area contributed by atoms with Crippen molar-refractivity contribution in [1.82, 2.24) is 9.80 Å². The maximum atomic E-state index is 13.6. The standard InChI is InChI=1S/C28H35ClN2O4/c1-2-25(22-10-5-3-6-11-22)27(33)31-16-17-35-28(20-31,19-26(32)30-14-7-4-8-15-30)21-34-24-13-9-12-23(29)18-24/h3,5-6,9-13,18,25H,2,4,7-8,14-17,19-21H2,1H3/t25-,28-/m0/s1. The fourth-order valence-electron chi connectivity index (χ4n) is 5.04. The molecule has 2 fully saturated rings. The summed E-state index contributed by atoms with van der Waals surface area (Å²) in [6.45, 7) is 4.93. The molecule has 0 spiro atoms. The normalized spacial score (nSPS) is 21.4. The Morgan fingerprint density at radius 1 is 1.03 bits per heavy atom. The number of nitrogens with zero attached hydrogens (tertiary/aromatic N) is 2. The first-order chi connectivity index (χ1) is 17.0. The predicted octanol–water partition coefficient (Wildman–Crippen LogP) is 4.91. The third-order valence-electron chi connectivity index (χ3n) is 6.95. The van der Waals surface area contributed by atoms with Gasteiger partial charge in [0.1, 0.15) is 18.0 Å². The Bertz CT molecular complexity index is 995. The quantitative estimate of drug-likeness (QED) is 0.518. The molecule has 4 rings (SSSR count). The van der Waals surface area contributed by atoms with Crippen molar-refractivity contribution in [2.45, 2.75) is 50.5 Å². The maximum Gasteiger partial charge on any atom is 0.230 e. The fourth-order valence-corrected chi connectivity index (χ4v) is 5.22. The van der Waals surface area contributed by atoms with Crippen LogP contribution in [0.3, 0.4) is 0 Å². The molecule has 0 aliphatic carbocycles. The number of amides is 2. The highest BCUT2D eigenvalue weighted by Crippen LogP contribution is 2.30. The molecule has 0 N–H and O–H groups in total. The second-order valence-electron chi connectivity index (χ2n) is 9.53. The molecule has 188 valence electrons. The highest BCUT2D eigenvalue weighted by Gasteiger charge is 2.43. The fraction of sp³-hybridized carbons (Fsp3) is 0.500. The lowest BCUT2D eigenvalue weighted by Gasteiger charge is -2.44. The number of rotatable bonds is 8. The van der Waals surface area contributed by atoms with E-state index >= 15 is 0 Å². The topological polar surface area (TPSA) is 59.1 Å². The molecule has 6 nitrogen and oxygen atoms in total. The van der Waals surface area contributed by atoms with Crippen LogP contribution in [0.4, 0.5) is 0 Å². The molecule has 7 heteroatoms. The van der Waals surface area contributed by atoms with Gasteiger partial charge in [0.25, 0.3) is 0 Å². The molecule has 0 radical (unpaired) electrons. The molecular weight excluding hydrogens is 464 g/mol. The third kappa shape index (κ3) is 6.56. The van der Waals surface area contributed by atoms with Crippen LogP contribution in [0.2, 0.25) is 5.02 Å². The van der Waals surface area contributed by atoms with Crippen molar-refractivity contribution in [3.05, 3.63) is 65.2 Å². The van der Waals surface area contributed by atoms with Gasteiger partial charge in [0, 0.05) is 24.7 Å². The Kier molecular flexibility index (Phi) is 8.69. The number of piperidine rings is 1. The van der Waals surface area contributed by atoms with Crippen LogP contribution >= 0.6 is 11.6 Å². The van der Waals surface area contributed by atoms with Crippen LogP contribution in [0.15, 0.2) is 54.6 Å². The van der Waals surface area contributed by atoms with Crippen LogP contribution in [0.25, 0.3) is 0 Å². The Labute approximate surface area is 213 Å². The average Bonchev–Trinajstić information content (AvgIpc) is 2.89. The Hall–Kier alpha value is -2.57. The van der Waals surface area contributed by atoms with Crippen molar-refractivity contribution in [1.29, 1.82) is 0 Å². The van der Waals surface area contributed by atoms with E-state index in [1.54, 1.807) is 12.1 Å². The minimum atomic E-state index is -0.917. The minimum absolute atomic E-state index is 0.0591. The van der Waals surface area contributed by atoms with E-state index < -0.39 is 5.60 Å². The van der Waals surface area contributed by atoms with Crippen molar-refractivity contribution < 1.29 is 19.1 Å². The monoisotopic (exact) mass is 498 g/mol. The summed E-state index contributed by atoms with van der Waals surface area (Å²) < 4.78 is 12.4. The SMILES string of the molecule is CC[C@H](C(=O)N1CCO[C@@](COc2cccc(Cl)c2)(CC(=O)N2CCCCC2)C1)c1ccccc1. The number of carbonyl (C=O) groups excluding carboxylic acids is 2. The molecule has 2 aliphatic rings. The number of hydrogen-bond acceptors (Lipinski definition) is 4. The number of halogens is 1. The Morgan fingerprint density at radius 2 is 1.80 bits per heavy atom. The van der Waals surface area contributed by atoms with Gasteiger partial charge >= 0.3 is 0 Å². The molecule has 2 aliphatic heterocycles. The molecule has 2 saturated heterocycles. The largest absolute Gasteiger partial charge is 0.490 e. The van der Waals surface area contributed by atoms with Crippen LogP contribution < -0.4 is 4.74 Å². The molecule has 0 aromatic heterocycles. The molecule has 0 unspecified atom stereocenters. The van der Waals surface area contributed by atoms with Gasteiger partial charge in [-0.3, -0.25) is 9.59 Å². The molecule has 2 heterocycles. The Morgan fingerprint density at radius 3 is 2.51 bits per heavy atom. The van der Waals surface area contributed by atoms with Gasteiger partial charge in [0.15, 0.2) is 0 Å². The van der Waals surface area contributed by atoms with Crippen molar-refractivity contribution in [3.8, 4) is 5.75 Å². The van der Waals surface area contributed by atoms with E-state index in [2.05, 4.69) is 0 Å². The smallest absolute Gasteiger partial charge is 0.230 e. The zero-order chi connectivity index (χ0) is 24.7. The summed E-state index contributed by atoms with van der Waals surface area (Å²) in [5, 5.41) is 0.580. The van der Waals surface area contributed by atoms with E-state index in [9.17, 15) is 9.59 Å². The number of carbonyl (C=O) groups is 2. The van der Waals surface area contributed by atoms with E-state index in [0.717, 1.165) is 37.9 Å². The van der Waals surface area contributed by atoms with Crippen molar-refractivity contribution in [2.24, 2.45) is 0 Å². The number of ether oxygens (including phenoxy) is 2. The number of morpholine rings is 1. The van der Waals surface area contributed by atoms with Gasteiger partial charge in [-0.25, -0.2) is 0 Å². The molecule has 2 aromatic rings. The number of hydrogen-bond donors (Lipinski definition) is 0. The zero-order valence-corrected chi connectivity index (χ0v) is 21.2. The number of likely N-dealkylation sites (tertiary alicyclic amines) is 1. The molecule has 2 atom stereocenters. The summed E-state index contributed by atoms with van der Waals surface area (Å²) in [4.78, 5) is 30.7. The van der Waals surface area contributed by atoms with Crippen molar-refractivity contribution in [3.63, 3.8) is 0 Å². The lowest BCUT2D eigenvalue weighted by atomic mass is 9.92. The molecule has 2 amide bonds. The number of benzene rings is 2. The van der Waals surface area contributed by atoms with Crippen LogP contribution in [-0.2, 0) is 14.3 Å². The van der Waals surface area contributed by atoms with Gasteiger partial charge in [0.05, 0.1) is 25.5 Å². The Balaban J connectivity index is 1.53. The van der Waals surface area contributed by atoms with Crippen LogP contribution in [0, 0.1) is 0 Å². The van der Waals surface area contributed by atoms with Crippen molar-refractivity contribution >= 4 is 23.4 Å². The van der Waals surface area contributed by atoms with E-state index in [1.807, 2.05) is 59.2 Å².